The number of phenolic OH excluding ortho intramolecular Hbond substituents is 1. The van der Waals surface area contributed by atoms with Gasteiger partial charge in [-0.25, -0.2) is 0 Å². The molecular formula is C10H13NO2. The van der Waals surface area contributed by atoms with Gasteiger partial charge in [-0.3, -0.25) is 0 Å². The van der Waals surface area contributed by atoms with E-state index in [-0.39, 0.29) is 6.04 Å². The molecule has 1 atom stereocenters. The van der Waals surface area contributed by atoms with Gasteiger partial charge in [0.25, 0.3) is 0 Å². The lowest BCUT2D eigenvalue weighted by Crippen LogP contribution is -2.06. The van der Waals surface area contributed by atoms with Crippen molar-refractivity contribution in [2.45, 2.75) is 18.9 Å². The Kier molecular flexibility index (Phi) is 1.88. The first-order chi connectivity index (χ1) is 6.24. The van der Waals surface area contributed by atoms with Crippen LogP contribution in [0.5, 0.6) is 11.5 Å². The minimum absolute atomic E-state index is 0.0112. The molecule has 1 aliphatic rings. The van der Waals surface area contributed by atoms with E-state index in [1.165, 1.54) is 0 Å². The molecule has 0 aliphatic heterocycles. The van der Waals surface area contributed by atoms with E-state index >= 15 is 0 Å². The molecule has 0 saturated heterocycles. The second-order valence-corrected chi connectivity index (χ2v) is 3.32. The summed E-state index contributed by atoms with van der Waals surface area (Å²) in [5.41, 5.74) is 7.83. The molecule has 0 unspecified atom stereocenters. The number of ether oxygens (including phenoxy) is 1. The highest BCUT2D eigenvalue weighted by Crippen LogP contribution is 2.40. The Hall–Kier alpha value is -1.22. The standard InChI is InChI=1S/C10H13NO2/c1-13-9-5-4-8(12)6-2-3-7(11)10(6)9/h4-5,7,12H,2-3,11H2,1H3/t7-/m0/s1. The van der Waals surface area contributed by atoms with Crippen LogP contribution in [0.4, 0.5) is 0 Å². The smallest absolute Gasteiger partial charge is 0.124 e. The van der Waals surface area contributed by atoms with Gasteiger partial charge >= 0.3 is 0 Å². The van der Waals surface area contributed by atoms with Crippen molar-refractivity contribution in [3.05, 3.63) is 23.3 Å². The third-order valence-corrected chi connectivity index (χ3v) is 2.59. The van der Waals surface area contributed by atoms with Crippen LogP contribution in [0.1, 0.15) is 23.6 Å². The molecule has 1 aromatic rings. The van der Waals surface area contributed by atoms with Crippen molar-refractivity contribution < 1.29 is 9.84 Å². The molecule has 2 rings (SSSR count). The molecule has 3 nitrogen and oxygen atoms in total. The largest absolute Gasteiger partial charge is 0.508 e. The zero-order valence-corrected chi connectivity index (χ0v) is 7.58. The van der Waals surface area contributed by atoms with Crippen molar-refractivity contribution in [1.82, 2.24) is 0 Å². The van der Waals surface area contributed by atoms with Gasteiger partial charge in [0.15, 0.2) is 0 Å². The summed E-state index contributed by atoms with van der Waals surface area (Å²) < 4.78 is 5.19. The lowest BCUT2D eigenvalue weighted by atomic mass is 10.1. The Labute approximate surface area is 77.1 Å². The van der Waals surface area contributed by atoms with E-state index in [2.05, 4.69) is 0 Å². The Balaban J connectivity index is 2.60. The molecule has 3 heteroatoms. The molecule has 1 aliphatic carbocycles. The van der Waals surface area contributed by atoms with E-state index < -0.39 is 0 Å². The van der Waals surface area contributed by atoms with E-state index in [4.69, 9.17) is 10.5 Å². The van der Waals surface area contributed by atoms with Crippen LogP contribution >= 0.6 is 0 Å². The first-order valence-corrected chi connectivity index (χ1v) is 4.38. The molecule has 3 N–H and O–H groups in total. The first-order valence-electron chi connectivity index (χ1n) is 4.38. The summed E-state index contributed by atoms with van der Waals surface area (Å²) in [6, 6.07) is 3.44. The summed E-state index contributed by atoms with van der Waals surface area (Å²) >= 11 is 0. The van der Waals surface area contributed by atoms with Crippen LogP contribution in [0.3, 0.4) is 0 Å². The minimum atomic E-state index is 0.0112. The SMILES string of the molecule is COc1ccc(O)c2c1[C@@H](N)CC2. The van der Waals surface area contributed by atoms with Crippen molar-refractivity contribution in [3.63, 3.8) is 0 Å². The Morgan fingerprint density at radius 1 is 1.54 bits per heavy atom. The van der Waals surface area contributed by atoms with E-state index in [1.54, 1.807) is 19.2 Å². The van der Waals surface area contributed by atoms with Crippen molar-refractivity contribution in [2.24, 2.45) is 5.73 Å². The lowest BCUT2D eigenvalue weighted by Gasteiger charge is -2.11. The number of fused-ring (bicyclic) bond motifs is 1. The molecule has 0 amide bonds. The topological polar surface area (TPSA) is 55.5 Å². The van der Waals surface area contributed by atoms with E-state index in [1.807, 2.05) is 0 Å². The fraction of sp³-hybridized carbons (Fsp3) is 0.400. The summed E-state index contributed by atoms with van der Waals surface area (Å²) in [5, 5.41) is 9.56. The fourth-order valence-corrected chi connectivity index (χ4v) is 1.92. The van der Waals surface area contributed by atoms with Gasteiger partial charge in [0.2, 0.25) is 0 Å². The fourth-order valence-electron chi connectivity index (χ4n) is 1.92. The predicted octanol–water partition coefficient (Wildman–Crippen LogP) is 1.35. The molecule has 0 aromatic heterocycles. The second kappa shape index (κ2) is 2.92. The molecule has 0 spiro atoms. The van der Waals surface area contributed by atoms with Gasteiger partial charge in [0, 0.05) is 17.2 Å². The third kappa shape index (κ3) is 1.16. The number of hydrogen-bond donors (Lipinski definition) is 2. The third-order valence-electron chi connectivity index (χ3n) is 2.59. The maximum atomic E-state index is 9.56. The molecule has 70 valence electrons. The molecule has 1 aromatic carbocycles. The van der Waals surface area contributed by atoms with Crippen molar-refractivity contribution in [1.29, 1.82) is 0 Å². The lowest BCUT2D eigenvalue weighted by molar-refractivity contribution is 0.404. The van der Waals surface area contributed by atoms with Crippen LogP contribution in [-0.4, -0.2) is 12.2 Å². The maximum Gasteiger partial charge on any atom is 0.124 e. The number of nitrogens with two attached hydrogens (primary N) is 1. The molecule has 0 fully saturated rings. The maximum absolute atomic E-state index is 9.56. The van der Waals surface area contributed by atoms with Crippen LogP contribution in [0, 0.1) is 0 Å². The quantitative estimate of drug-likeness (QED) is 0.684. The number of hydrogen-bond acceptors (Lipinski definition) is 3. The summed E-state index contributed by atoms with van der Waals surface area (Å²) in [7, 11) is 1.62. The molecule has 13 heavy (non-hydrogen) atoms. The van der Waals surface area contributed by atoms with Gasteiger partial charge in [-0.1, -0.05) is 0 Å². The summed E-state index contributed by atoms with van der Waals surface area (Å²) in [6.07, 6.45) is 1.74. The van der Waals surface area contributed by atoms with Gasteiger partial charge in [-0.2, -0.15) is 0 Å². The number of rotatable bonds is 1. The average molecular weight is 179 g/mol. The molecular weight excluding hydrogens is 166 g/mol. The number of benzene rings is 1. The Morgan fingerprint density at radius 3 is 3.00 bits per heavy atom. The molecule has 0 radical (unpaired) electrons. The van der Waals surface area contributed by atoms with Gasteiger partial charge in [-0.15, -0.1) is 0 Å². The number of methoxy groups -OCH3 is 1. The van der Waals surface area contributed by atoms with Crippen molar-refractivity contribution in [3.8, 4) is 11.5 Å². The number of aromatic hydroxyl groups is 1. The predicted molar refractivity (Wildman–Crippen MR) is 49.9 cm³/mol. The highest BCUT2D eigenvalue weighted by atomic mass is 16.5. The highest BCUT2D eigenvalue weighted by molar-refractivity contribution is 5.52. The van der Waals surface area contributed by atoms with Crippen LogP contribution in [0.25, 0.3) is 0 Å². The van der Waals surface area contributed by atoms with E-state index in [9.17, 15) is 5.11 Å². The van der Waals surface area contributed by atoms with E-state index in [0.29, 0.717) is 5.75 Å². The van der Waals surface area contributed by atoms with Gasteiger partial charge in [-0.05, 0) is 25.0 Å². The van der Waals surface area contributed by atoms with Gasteiger partial charge < -0.3 is 15.6 Å². The van der Waals surface area contributed by atoms with Crippen LogP contribution in [0.15, 0.2) is 12.1 Å². The Bertz CT molecular complexity index is 336. The zero-order valence-electron chi connectivity index (χ0n) is 7.58. The first kappa shape index (κ1) is 8.38. The molecule has 0 bridgehead atoms. The monoisotopic (exact) mass is 179 g/mol. The zero-order chi connectivity index (χ0) is 9.42. The summed E-state index contributed by atoms with van der Waals surface area (Å²) in [6.45, 7) is 0. The van der Waals surface area contributed by atoms with Crippen LogP contribution in [0.2, 0.25) is 0 Å². The average Bonchev–Trinajstić information content (AvgIpc) is 2.51. The minimum Gasteiger partial charge on any atom is -0.508 e. The van der Waals surface area contributed by atoms with Crippen molar-refractivity contribution in [2.75, 3.05) is 7.11 Å². The van der Waals surface area contributed by atoms with Crippen LogP contribution in [-0.2, 0) is 6.42 Å². The van der Waals surface area contributed by atoms with Crippen molar-refractivity contribution >= 4 is 0 Å². The molecule has 0 heterocycles. The van der Waals surface area contributed by atoms with Gasteiger partial charge in [0.05, 0.1) is 7.11 Å². The number of phenols is 1. The Morgan fingerprint density at radius 2 is 2.31 bits per heavy atom. The molecule has 0 saturated carbocycles. The van der Waals surface area contributed by atoms with Gasteiger partial charge in [0.1, 0.15) is 11.5 Å². The second-order valence-electron chi connectivity index (χ2n) is 3.32. The summed E-state index contributed by atoms with van der Waals surface area (Å²) in [4.78, 5) is 0. The normalized spacial score (nSPS) is 20.0. The van der Waals surface area contributed by atoms with Crippen LogP contribution < -0.4 is 10.5 Å². The highest BCUT2D eigenvalue weighted by Gasteiger charge is 2.25. The van der Waals surface area contributed by atoms with E-state index in [0.717, 1.165) is 29.7 Å². The summed E-state index contributed by atoms with van der Waals surface area (Å²) in [5.74, 6) is 1.13.